The molecule has 0 atom stereocenters. The normalized spacial score (nSPS) is 11.5. The van der Waals surface area contributed by atoms with Crippen molar-refractivity contribution >= 4 is 21.6 Å². The van der Waals surface area contributed by atoms with Crippen LogP contribution in [0.1, 0.15) is 29.8 Å². The molecule has 0 aliphatic rings. The number of hydrogen-bond donors (Lipinski definition) is 1. The van der Waals surface area contributed by atoms with Crippen molar-refractivity contribution in [2.24, 2.45) is 5.92 Å². The predicted octanol–water partition coefficient (Wildman–Crippen LogP) is 4.79. The molecule has 0 saturated carbocycles. The van der Waals surface area contributed by atoms with E-state index in [2.05, 4.69) is 19.2 Å². The summed E-state index contributed by atoms with van der Waals surface area (Å²) in [6, 6.07) is 22.5. The second-order valence-electron chi connectivity index (χ2n) is 7.95. The molecular formula is C25H28N2O4S. The molecule has 168 valence electrons. The Morgan fingerprint density at radius 1 is 0.938 bits per heavy atom. The number of sulfonamides is 1. The monoisotopic (exact) mass is 452 g/mol. The average molecular weight is 453 g/mol. The topological polar surface area (TPSA) is 75.7 Å². The van der Waals surface area contributed by atoms with Crippen LogP contribution in [0.15, 0.2) is 83.8 Å². The number of carbonyl (C=O) groups excluding carboxylic acids is 1. The van der Waals surface area contributed by atoms with E-state index in [1.165, 1.54) is 16.4 Å². The molecule has 0 heterocycles. The van der Waals surface area contributed by atoms with E-state index in [4.69, 9.17) is 4.74 Å². The first-order valence-electron chi connectivity index (χ1n) is 10.4. The van der Waals surface area contributed by atoms with E-state index in [0.717, 1.165) is 5.56 Å². The van der Waals surface area contributed by atoms with Crippen LogP contribution in [-0.2, 0) is 16.6 Å². The molecule has 3 aromatic carbocycles. The maximum absolute atomic E-state index is 12.8. The van der Waals surface area contributed by atoms with Crippen LogP contribution in [0, 0.1) is 5.92 Å². The summed E-state index contributed by atoms with van der Waals surface area (Å²) in [4.78, 5) is 12.7. The lowest BCUT2D eigenvalue weighted by atomic mass is 10.2. The first-order valence-corrected chi connectivity index (χ1v) is 11.8. The number of amides is 1. The Balaban J connectivity index is 1.63. The minimum absolute atomic E-state index is 0.167. The molecule has 0 saturated heterocycles. The molecule has 3 rings (SSSR count). The van der Waals surface area contributed by atoms with E-state index in [9.17, 15) is 13.2 Å². The van der Waals surface area contributed by atoms with Crippen molar-refractivity contribution in [1.29, 1.82) is 0 Å². The third kappa shape index (κ3) is 6.18. The van der Waals surface area contributed by atoms with Gasteiger partial charge in [0.15, 0.2) is 0 Å². The molecule has 0 fully saturated rings. The van der Waals surface area contributed by atoms with Crippen molar-refractivity contribution in [3.8, 4) is 5.75 Å². The Bertz CT molecular complexity index is 1130. The first kappa shape index (κ1) is 23.5. The van der Waals surface area contributed by atoms with Crippen molar-refractivity contribution in [3.63, 3.8) is 0 Å². The molecule has 6 nitrogen and oxygen atoms in total. The van der Waals surface area contributed by atoms with Gasteiger partial charge in [-0.2, -0.15) is 4.31 Å². The predicted molar refractivity (Wildman–Crippen MR) is 126 cm³/mol. The molecule has 0 bridgehead atoms. The molecule has 1 amide bonds. The summed E-state index contributed by atoms with van der Waals surface area (Å²) in [5, 5.41) is 2.79. The third-order valence-corrected chi connectivity index (χ3v) is 6.59. The lowest BCUT2D eigenvalue weighted by molar-refractivity contribution is 0.102. The largest absolute Gasteiger partial charge is 0.493 e. The summed E-state index contributed by atoms with van der Waals surface area (Å²) >= 11 is 0. The average Bonchev–Trinajstić information content (AvgIpc) is 2.79. The van der Waals surface area contributed by atoms with Gasteiger partial charge in [0.1, 0.15) is 5.75 Å². The van der Waals surface area contributed by atoms with Gasteiger partial charge in [0.2, 0.25) is 10.0 Å². The van der Waals surface area contributed by atoms with E-state index in [1.807, 2.05) is 30.3 Å². The summed E-state index contributed by atoms with van der Waals surface area (Å²) in [5.74, 6) is 0.851. The molecule has 0 aromatic heterocycles. The molecule has 32 heavy (non-hydrogen) atoms. The number of carbonyl (C=O) groups is 1. The molecule has 3 aromatic rings. The van der Waals surface area contributed by atoms with Gasteiger partial charge in [0.25, 0.3) is 5.91 Å². The highest BCUT2D eigenvalue weighted by Gasteiger charge is 2.21. The van der Waals surface area contributed by atoms with E-state index in [1.54, 1.807) is 43.4 Å². The molecule has 0 radical (unpaired) electrons. The number of ether oxygens (including phenoxy) is 1. The van der Waals surface area contributed by atoms with Crippen molar-refractivity contribution in [2.75, 3.05) is 19.0 Å². The fourth-order valence-corrected chi connectivity index (χ4v) is 4.14. The van der Waals surface area contributed by atoms with Gasteiger partial charge in [-0.05, 0) is 60.0 Å². The highest BCUT2D eigenvalue weighted by Crippen LogP contribution is 2.20. The lowest BCUT2D eigenvalue weighted by Gasteiger charge is -2.17. The van der Waals surface area contributed by atoms with E-state index in [-0.39, 0.29) is 17.3 Å². The number of benzene rings is 3. The van der Waals surface area contributed by atoms with Crippen molar-refractivity contribution in [3.05, 3.63) is 90.0 Å². The van der Waals surface area contributed by atoms with Crippen molar-refractivity contribution < 1.29 is 17.9 Å². The molecular weight excluding hydrogens is 424 g/mol. The van der Waals surface area contributed by atoms with Gasteiger partial charge in [0, 0.05) is 24.8 Å². The fourth-order valence-electron chi connectivity index (χ4n) is 2.98. The second-order valence-corrected chi connectivity index (χ2v) is 10.00. The van der Waals surface area contributed by atoms with Crippen LogP contribution >= 0.6 is 0 Å². The lowest BCUT2D eigenvalue weighted by Crippen LogP contribution is -2.26. The van der Waals surface area contributed by atoms with Crippen LogP contribution in [0.2, 0.25) is 0 Å². The van der Waals surface area contributed by atoms with Gasteiger partial charge in [-0.15, -0.1) is 0 Å². The molecule has 7 heteroatoms. The van der Waals surface area contributed by atoms with Crippen LogP contribution in [0.25, 0.3) is 0 Å². The van der Waals surface area contributed by atoms with Crippen LogP contribution in [0.3, 0.4) is 0 Å². The number of anilines is 1. The van der Waals surface area contributed by atoms with Crippen LogP contribution < -0.4 is 10.1 Å². The summed E-state index contributed by atoms with van der Waals surface area (Å²) in [6.45, 7) is 5.03. The van der Waals surface area contributed by atoms with Crippen LogP contribution in [-0.4, -0.2) is 32.3 Å². The maximum atomic E-state index is 12.8. The molecule has 0 aliphatic heterocycles. The van der Waals surface area contributed by atoms with Gasteiger partial charge >= 0.3 is 0 Å². The van der Waals surface area contributed by atoms with Crippen LogP contribution in [0.4, 0.5) is 5.69 Å². The van der Waals surface area contributed by atoms with Crippen molar-refractivity contribution in [1.82, 2.24) is 4.31 Å². The van der Waals surface area contributed by atoms with E-state index >= 15 is 0 Å². The summed E-state index contributed by atoms with van der Waals surface area (Å²) < 4.78 is 32.6. The Labute approximate surface area is 189 Å². The standard InChI is InChI=1S/C25H28N2O4S/c1-19(2)18-31-23-13-9-21(10-14-23)25(28)26-22-11-15-24(16-12-22)32(29,30)27(3)17-20-7-5-4-6-8-20/h4-16,19H,17-18H2,1-3H3,(H,26,28). The van der Waals surface area contributed by atoms with E-state index in [0.29, 0.717) is 29.5 Å². The zero-order chi connectivity index (χ0) is 23.1. The van der Waals surface area contributed by atoms with Gasteiger partial charge < -0.3 is 10.1 Å². The van der Waals surface area contributed by atoms with Crippen molar-refractivity contribution in [2.45, 2.75) is 25.3 Å². The third-order valence-electron chi connectivity index (χ3n) is 4.77. The minimum Gasteiger partial charge on any atom is -0.493 e. The summed E-state index contributed by atoms with van der Waals surface area (Å²) in [6.07, 6.45) is 0. The number of rotatable bonds is 9. The van der Waals surface area contributed by atoms with Gasteiger partial charge in [0.05, 0.1) is 11.5 Å². The molecule has 0 aliphatic carbocycles. The minimum atomic E-state index is -3.64. The number of hydrogen-bond acceptors (Lipinski definition) is 4. The Morgan fingerprint density at radius 3 is 2.16 bits per heavy atom. The number of nitrogens with one attached hydrogen (secondary N) is 1. The Morgan fingerprint density at radius 2 is 1.56 bits per heavy atom. The zero-order valence-electron chi connectivity index (χ0n) is 18.5. The Hall–Kier alpha value is -3.16. The first-order chi connectivity index (χ1) is 15.3. The highest BCUT2D eigenvalue weighted by atomic mass is 32.2. The fraction of sp³-hybridized carbons (Fsp3) is 0.240. The quantitative estimate of drug-likeness (QED) is 0.506. The highest BCUT2D eigenvalue weighted by molar-refractivity contribution is 7.89. The number of nitrogens with zero attached hydrogens (tertiary/aromatic N) is 1. The maximum Gasteiger partial charge on any atom is 0.255 e. The van der Waals surface area contributed by atoms with Gasteiger partial charge in [-0.1, -0.05) is 44.2 Å². The summed E-state index contributed by atoms with van der Waals surface area (Å²) in [5.41, 5.74) is 1.91. The van der Waals surface area contributed by atoms with Crippen LogP contribution in [0.5, 0.6) is 5.75 Å². The molecule has 1 N–H and O–H groups in total. The summed E-state index contributed by atoms with van der Waals surface area (Å²) in [7, 11) is -2.10. The Kier molecular flexibility index (Phi) is 7.66. The smallest absolute Gasteiger partial charge is 0.255 e. The van der Waals surface area contributed by atoms with E-state index < -0.39 is 10.0 Å². The molecule has 0 spiro atoms. The van der Waals surface area contributed by atoms with Gasteiger partial charge in [-0.25, -0.2) is 8.42 Å². The molecule has 0 unspecified atom stereocenters. The second kappa shape index (κ2) is 10.4. The SMILES string of the molecule is CC(C)COc1ccc(C(=O)Nc2ccc(S(=O)(=O)N(C)Cc3ccccc3)cc2)cc1. The zero-order valence-corrected chi connectivity index (χ0v) is 19.3. The van der Waals surface area contributed by atoms with Gasteiger partial charge in [-0.3, -0.25) is 4.79 Å².